The van der Waals surface area contributed by atoms with Gasteiger partial charge in [-0.15, -0.1) is 0 Å². The largest absolute Gasteiger partial charge is 0.489 e. The lowest BCUT2D eigenvalue weighted by atomic mass is 9.53. The van der Waals surface area contributed by atoms with Crippen LogP contribution in [0.15, 0.2) is 48.5 Å². The summed E-state index contributed by atoms with van der Waals surface area (Å²) < 4.78 is 6.13. The lowest BCUT2D eigenvalue weighted by Gasteiger charge is -2.51. The van der Waals surface area contributed by atoms with Gasteiger partial charge in [0, 0.05) is 0 Å². The molecule has 0 unspecified atom stereocenters. The Hall–Kier alpha value is -1.80. The Balaban J connectivity index is 1.33. The fraction of sp³-hybridized carbons (Fsp3) is 0.600. The van der Waals surface area contributed by atoms with Crippen LogP contribution in [0.2, 0.25) is 0 Å². The van der Waals surface area contributed by atoms with E-state index in [2.05, 4.69) is 56.3 Å². The van der Waals surface area contributed by atoms with Crippen LogP contribution in [-0.2, 0) is 13.0 Å². The maximum Gasteiger partial charge on any atom is 0.120 e. The number of ether oxygens (including phenoxy) is 1. The predicted octanol–water partition coefficient (Wildman–Crippen LogP) is 7.29. The predicted molar refractivity (Wildman–Crippen MR) is 131 cm³/mol. The van der Waals surface area contributed by atoms with Gasteiger partial charge >= 0.3 is 0 Å². The van der Waals surface area contributed by atoms with Gasteiger partial charge in [0.15, 0.2) is 0 Å². The summed E-state index contributed by atoms with van der Waals surface area (Å²) in [4.78, 5) is 0. The summed E-state index contributed by atoms with van der Waals surface area (Å²) in [5.74, 6) is 3.81. The molecule has 0 radical (unpaired) electrons. The zero-order valence-corrected chi connectivity index (χ0v) is 19.9. The number of fused-ring (bicyclic) bond motifs is 5. The average molecular weight is 433 g/mol. The molecular formula is C30H40O2. The summed E-state index contributed by atoms with van der Waals surface area (Å²) in [5, 5.41) is 11.1. The number of aliphatic hydroxyl groups is 1. The van der Waals surface area contributed by atoms with Crippen LogP contribution in [0.25, 0.3) is 0 Å². The third kappa shape index (κ3) is 4.00. The Labute approximate surface area is 194 Å². The zero-order chi connectivity index (χ0) is 22.1. The van der Waals surface area contributed by atoms with Crippen LogP contribution >= 0.6 is 0 Å². The lowest BCUT2D eigenvalue weighted by molar-refractivity contribution is -0.0305. The van der Waals surface area contributed by atoms with Gasteiger partial charge in [-0.3, -0.25) is 0 Å². The molecule has 0 bridgehead atoms. The van der Waals surface area contributed by atoms with Gasteiger partial charge in [0.2, 0.25) is 0 Å². The molecule has 2 aromatic rings. The fourth-order valence-corrected chi connectivity index (χ4v) is 7.60. The molecule has 3 aliphatic carbocycles. The van der Waals surface area contributed by atoms with E-state index in [1.54, 1.807) is 5.56 Å². The van der Waals surface area contributed by atoms with E-state index in [1.807, 2.05) is 6.07 Å². The van der Waals surface area contributed by atoms with Crippen LogP contribution in [0, 0.1) is 23.2 Å². The second kappa shape index (κ2) is 9.21. The first-order chi connectivity index (χ1) is 15.6. The molecule has 0 heterocycles. The van der Waals surface area contributed by atoms with Crippen molar-refractivity contribution >= 4 is 0 Å². The molecule has 1 N–H and O–H groups in total. The number of unbranched alkanes of at least 4 members (excludes halogenated alkanes) is 2. The molecular weight excluding hydrogens is 392 g/mol. The van der Waals surface area contributed by atoms with Crippen molar-refractivity contribution in [2.75, 3.05) is 0 Å². The number of rotatable bonds is 7. The highest BCUT2D eigenvalue weighted by molar-refractivity contribution is 5.41. The molecule has 0 saturated heterocycles. The molecule has 0 aromatic heterocycles. The van der Waals surface area contributed by atoms with E-state index in [1.165, 1.54) is 56.1 Å². The number of aryl methyl sites for hydroxylation is 1. The second-order valence-electron chi connectivity index (χ2n) is 11.0. The van der Waals surface area contributed by atoms with E-state index in [9.17, 15) is 5.11 Å². The van der Waals surface area contributed by atoms with Gasteiger partial charge in [0.05, 0.1) is 6.10 Å². The fourth-order valence-electron chi connectivity index (χ4n) is 7.60. The Bertz CT molecular complexity index is 906. The van der Waals surface area contributed by atoms with E-state index < -0.39 is 0 Å². The molecule has 2 fully saturated rings. The Morgan fingerprint density at radius 1 is 1.06 bits per heavy atom. The van der Waals surface area contributed by atoms with Crippen LogP contribution in [0.5, 0.6) is 5.75 Å². The summed E-state index contributed by atoms with van der Waals surface area (Å²) in [6.07, 6.45) is 11.0. The third-order valence-electron chi connectivity index (χ3n) is 9.22. The molecule has 0 aliphatic heterocycles. The van der Waals surface area contributed by atoms with E-state index >= 15 is 0 Å². The summed E-state index contributed by atoms with van der Waals surface area (Å²) in [5.41, 5.74) is 4.42. The summed E-state index contributed by atoms with van der Waals surface area (Å²) in [7, 11) is 0. The van der Waals surface area contributed by atoms with Crippen LogP contribution in [0.4, 0.5) is 0 Å². The number of aliphatic hydroxyl groups excluding tert-OH is 1. The lowest BCUT2D eigenvalue weighted by Crippen LogP contribution is -2.45. The van der Waals surface area contributed by atoms with Crippen molar-refractivity contribution in [1.29, 1.82) is 0 Å². The molecule has 5 rings (SSSR count). The molecule has 172 valence electrons. The van der Waals surface area contributed by atoms with Crippen molar-refractivity contribution in [2.45, 2.75) is 90.3 Å². The minimum Gasteiger partial charge on any atom is -0.489 e. The van der Waals surface area contributed by atoms with Gasteiger partial charge in [0.1, 0.15) is 12.4 Å². The smallest absolute Gasteiger partial charge is 0.120 e. The van der Waals surface area contributed by atoms with Crippen LogP contribution in [-0.4, -0.2) is 11.2 Å². The normalized spacial score (nSPS) is 33.3. The van der Waals surface area contributed by atoms with Crippen LogP contribution in [0.1, 0.15) is 87.8 Å². The van der Waals surface area contributed by atoms with Gasteiger partial charge in [-0.25, -0.2) is 0 Å². The summed E-state index contributed by atoms with van der Waals surface area (Å²) in [6.45, 7) is 5.33. The topological polar surface area (TPSA) is 29.5 Å². The zero-order valence-electron chi connectivity index (χ0n) is 19.9. The highest BCUT2D eigenvalue weighted by atomic mass is 16.5. The molecule has 2 saturated carbocycles. The Morgan fingerprint density at radius 2 is 1.91 bits per heavy atom. The van der Waals surface area contributed by atoms with Crippen molar-refractivity contribution in [2.24, 2.45) is 23.2 Å². The summed E-state index contributed by atoms with van der Waals surface area (Å²) >= 11 is 0. The van der Waals surface area contributed by atoms with E-state index in [-0.39, 0.29) is 11.5 Å². The van der Waals surface area contributed by atoms with Crippen molar-refractivity contribution in [1.82, 2.24) is 0 Å². The number of hydrogen-bond donors (Lipinski definition) is 1. The molecule has 0 spiro atoms. The summed E-state index contributed by atoms with van der Waals surface area (Å²) in [6, 6.07) is 17.3. The first kappa shape index (κ1) is 22.0. The first-order valence-electron chi connectivity index (χ1n) is 13.1. The maximum absolute atomic E-state index is 11.1. The van der Waals surface area contributed by atoms with Crippen molar-refractivity contribution in [3.05, 3.63) is 65.2 Å². The van der Waals surface area contributed by atoms with Gasteiger partial charge in [-0.1, -0.05) is 75.9 Å². The molecule has 32 heavy (non-hydrogen) atoms. The highest BCUT2D eigenvalue weighted by Crippen LogP contribution is 2.63. The molecule has 2 aromatic carbocycles. The quantitative estimate of drug-likeness (QED) is 0.466. The highest BCUT2D eigenvalue weighted by Gasteiger charge is 2.58. The third-order valence-corrected chi connectivity index (χ3v) is 9.22. The van der Waals surface area contributed by atoms with Crippen LogP contribution in [0.3, 0.4) is 0 Å². The van der Waals surface area contributed by atoms with E-state index in [0.29, 0.717) is 24.4 Å². The second-order valence-corrected chi connectivity index (χ2v) is 11.0. The van der Waals surface area contributed by atoms with E-state index in [4.69, 9.17) is 4.74 Å². The Kier molecular flexibility index (Phi) is 6.34. The molecule has 6 atom stereocenters. The van der Waals surface area contributed by atoms with Gasteiger partial charge in [-0.05, 0) is 90.0 Å². The first-order valence-corrected chi connectivity index (χ1v) is 13.1. The number of hydrogen-bond acceptors (Lipinski definition) is 2. The molecule has 2 nitrogen and oxygen atoms in total. The van der Waals surface area contributed by atoms with E-state index in [0.717, 1.165) is 24.5 Å². The number of benzene rings is 2. The van der Waals surface area contributed by atoms with Crippen molar-refractivity contribution in [3.63, 3.8) is 0 Å². The van der Waals surface area contributed by atoms with Crippen molar-refractivity contribution < 1.29 is 9.84 Å². The van der Waals surface area contributed by atoms with Crippen LogP contribution < -0.4 is 4.74 Å². The minimum absolute atomic E-state index is 0.102. The molecule has 2 heteroatoms. The minimum atomic E-state index is -0.102. The standard InChI is InChI=1S/C30H40O2/c1-3-4-6-11-23-19-28(31)30(2)17-16-26-25-15-13-24(32-20-21-9-7-5-8-10-21)18-22(25)12-14-27(26)29(23)30/h5,7-10,13,15,18,23,26-29,31H,3-4,6,11-12,14,16-17,19-20H2,1-2H3/t23-,26+,27+,28-,29-,30+/m0/s1. The maximum atomic E-state index is 11.1. The van der Waals surface area contributed by atoms with Gasteiger partial charge < -0.3 is 9.84 Å². The SMILES string of the molecule is CCCCC[C@H]1C[C@H](O)[C@@]2(C)CC[C@@H]3c4ccc(OCc5ccccc5)cc4CC[C@H]3[C@H]12. The van der Waals surface area contributed by atoms with Crippen molar-refractivity contribution in [3.8, 4) is 5.75 Å². The van der Waals surface area contributed by atoms with Gasteiger partial charge in [-0.2, -0.15) is 0 Å². The Morgan fingerprint density at radius 3 is 2.72 bits per heavy atom. The van der Waals surface area contributed by atoms with Gasteiger partial charge in [0.25, 0.3) is 0 Å². The average Bonchev–Trinajstić information content (AvgIpc) is 3.08. The molecule has 0 amide bonds. The monoisotopic (exact) mass is 432 g/mol. The molecule has 3 aliphatic rings.